The zero-order chi connectivity index (χ0) is 51.4. The molecule has 0 saturated heterocycles. The Hall–Kier alpha value is -1.66. The van der Waals surface area contributed by atoms with Crippen LogP contribution in [0.25, 0.3) is 0 Å². The lowest BCUT2D eigenvalue weighted by Gasteiger charge is -2.20. The number of ether oxygens (including phenoxy) is 1. The van der Waals surface area contributed by atoms with Gasteiger partial charge in [-0.2, -0.15) is 0 Å². The van der Waals surface area contributed by atoms with Crippen LogP contribution in [0.15, 0.2) is 24.3 Å². The molecule has 2 atom stereocenters. The Balaban J connectivity index is 3.44. The van der Waals surface area contributed by atoms with Crippen LogP contribution in [0.1, 0.15) is 354 Å². The summed E-state index contributed by atoms with van der Waals surface area (Å²) in [6, 6.07) is -0.633. The maximum Gasteiger partial charge on any atom is 0.305 e. The van der Waals surface area contributed by atoms with Gasteiger partial charge in [-0.05, 0) is 57.8 Å². The average Bonchev–Trinajstić information content (AvgIpc) is 3.37. The number of carbonyl (C=O) groups is 2. The molecule has 3 N–H and O–H groups in total. The summed E-state index contributed by atoms with van der Waals surface area (Å²) in [5, 5.41) is 23.2. The number of hydrogen-bond acceptors (Lipinski definition) is 5. The van der Waals surface area contributed by atoms with E-state index in [1.165, 1.54) is 283 Å². The van der Waals surface area contributed by atoms with Gasteiger partial charge in [-0.15, -0.1) is 0 Å². The first-order chi connectivity index (χ1) is 35.0. The number of rotatable bonds is 60. The van der Waals surface area contributed by atoms with E-state index in [-0.39, 0.29) is 18.5 Å². The molecular weight excluding hydrogens is 875 g/mol. The van der Waals surface area contributed by atoms with Crippen LogP contribution in [-0.2, 0) is 14.3 Å². The van der Waals surface area contributed by atoms with Gasteiger partial charge in [0.15, 0.2) is 0 Å². The first-order valence-electron chi connectivity index (χ1n) is 32.1. The Kier molecular flexibility index (Phi) is 59.5. The van der Waals surface area contributed by atoms with Crippen molar-refractivity contribution in [3.05, 3.63) is 24.3 Å². The number of amides is 1. The normalized spacial score (nSPS) is 12.7. The van der Waals surface area contributed by atoms with Crippen molar-refractivity contribution in [3.8, 4) is 0 Å². The quantitative estimate of drug-likeness (QED) is 0.0320. The van der Waals surface area contributed by atoms with Crippen molar-refractivity contribution in [1.29, 1.82) is 0 Å². The molecule has 0 saturated carbocycles. The second kappa shape index (κ2) is 60.9. The van der Waals surface area contributed by atoms with Crippen molar-refractivity contribution >= 4 is 11.9 Å². The molecule has 0 bridgehead atoms. The molecule has 0 aromatic carbocycles. The molecule has 0 heterocycles. The monoisotopic (exact) mass is 1000 g/mol. The summed E-state index contributed by atoms with van der Waals surface area (Å²) < 4.78 is 5.47. The summed E-state index contributed by atoms with van der Waals surface area (Å²) in [6.45, 7) is 4.93. The van der Waals surface area contributed by atoms with Crippen LogP contribution in [0, 0.1) is 0 Å². The van der Waals surface area contributed by atoms with Gasteiger partial charge in [0.25, 0.3) is 0 Å². The Labute approximate surface area is 443 Å². The van der Waals surface area contributed by atoms with Gasteiger partial charge in [-0.1, -0.05) is 308 Å². The number of aliphatic hydroxyl groups excluding tert-OH is 2. The fourth-order valence-electron chi connectivity index (χ4n) is 10.0. The van der Waals surface area contributed by atoms with Gasteiger partial charge in [0.2, 0.25) is 5.91 Å². The predicted octanol–water partition coefficient (Wildman–Crippen LogP) is 20.2. The highest BCUT2D eigenvalue weighted by molar-refractivity contribution is 5.76. The number of hydrogen-bond donors (Lipinski definition) is 3. The SMILES string of the molecule is CCCCCCCCCCCCCCCCCCC/C=C/C(O)C(CO)NC(=O)CCCCCCCCC/C=C\CCCCCCCCCCCCCCOC(=O)CCCCCCCCCCCCCC. The largest absolute Gasteiger partial charge is 0.466 e. The highest BCUT2D eigenvalue weighted by atomic mass is 16.5. The molecule has 0 aliphatic heterocycles. The lowest BCUT2D eigenvalue weighted by molar-refractivity contribution is -0.143. The number of aliphatic hydroxyl groups is 2. The smallest absolute Gasteiger partial charge is 0.305 e. The average molecular weight is 1000 g/mol. The summed E-state index contributed by atoms with van der Waals surface area (Å²) in [6.07, 6.45) is 75.1. The molecule has 0 radical (unpaired) electrons. The van der Waals surface area contributed by atoms with Gasteiger partial charge >= 0.3 is 5.97 Å². The number of esters is 1. The van der Waals surface area contributed by atoms with Crippen LogP contribution in [0.5, 0.6) is 0 Å². The third-order valence-electron chi connectivity index (χ3n) is 15.0. The van der Waals surface area contributed by atoms with E-state index in [1.54, 1.807) is 6.08 Å². The van der Waals surface area contributed by atoms with Crippen molar-refractivity contribution < 1.29 is 24.5 Å². The number of carbonyl (C=O) groups excluding carboxylic acids is 2. The lowest BCUT2D eigenvalue weighted by atomic mass is 10.0. The molecule has 1 amide bonds. The van der Waals surface area contributed by atoms with E-state index in [1.807, 2.05) is 6.08 Å². The minimum Gasteiger partial charge on any atom is -0.466 e. The molecule has 0 aromatic rings. The van der Waals surface area contributed by atoms with E-state index in [0.29, 0.717) is 19.4 Å². The Morgan fingerprint density at radius 2 is 0.662 bits per heavy atom. The van der Waals surface area contributed by atoms with E-state index < -0.39 is 12.1 Å². The Bertz CT molecular complexity index is 1110. The summed E-state index contributed by atoms with van der Waals surface area (Å²) in [4.78, 5) is 24.5. The number of unbranched alkanes of at least 4 members (excludes halogenated alkanes) is 47. The van der Waals surface area contributed by atoms with E-state index in [4.69, 9.17) is 4.74 Å². The van der Waals surface area contributed by atoms with Crippen LogP contribution in [0.2, 0.25) is 0 Å². The molecule has 6 heteroatoms. The summed E-state index contributed by atoms with van der Waals surface area (Å²) in [7, 11) is 0. The molecule has 6 nitrogen and oxygen atoms in total. The zero-order valence-electron chi connectivity index (χ0n) is 48.0. The van der Waals surface area contributed by atoms with Crippen LogP contribution in [-0.4, -0.2) is 47.4 Å². The van der Waals surface area contributed by atoms with E-state index in [0.717, 1.165) is 44.9 Å². The summed E-state index contributed by atoms with van der Waals surface area (Å²) >= 11 is 0. The Morgan fingerprint density at radius 1 is 0.380 bits per heavy atom. The third-order valence-corrected chi connectivity index (χ3v) is 15.0. The highest BCUT2D eigenvalue weighted by Gasteiger charge is 2.18. The summed E-state index contributed by atoms with van der Waals surface area (Å²) in [5.41, 5.74) is 0. The van der Waals surface area contributed by atoms with Crippen molar-refractivity contribution in [3.63, 3.8) is 0 Å². The number of nitrogens with one attached hydrogen (secondary N) is 1. The van der Waals surface area contributed by atoms with Gasteiger partial charge < -0.3 is 20.3 Å². The maximum atomic E-state index is 12.5. The molecule has 0 fully saturated rings. The molecule has 0 spiro atoms. The van der Waals surface area contributed by atoms with Gasteiger partial charge in [0, 0.05) is 12.8 Å². The minimum atomic E-state index is -0.848. The topological polar surface area (TPSA) is 95.9 Å². The maximum absolute atomic E-state index is 12.5. The first kappa shape index (κ1) is 69.3. The van der Waals surface area contributed by atoms with Gasteiger partial charge in [-0.25, -0.2) is 0 Å². The van der Waals surface area contributed by atoms with Crippen LogP contribution in [0.3, 0.4) is 0 Å². The van der Waals surface area contributed by atoms with Crippen molar-refractivity contribution in [1.82, 2.24) is 5.32 Å². The lowest BCUT2D eigenvalue weighted by Crippen LogP contribution is -2.45. The van der Waals surface area contributed by atoms with Gasteiger partial charge in [-0.3, -0.25) is 9.59 Å². The molecule has 420 valence electrons. The van der Waals surface area contributed by atoms with Gasteiger partial charge in [0.1, 0.15) is 0 Å². The second-order valence-corrected chi connectivity index (χ2v) is 22.1. The predicted molar refractivity (Wildman–Crippen MR) is 310 cm³/mol. The first-order valence-corrected chi connectivity index (χ1v) is 32.1. The summed E-state index contributed by atoms with van der Waals surface area (Å²) in [5.74, 6) is -0.0592. The number of allylic oxidation sites excluding steroid dienone is 3. The standard InChI is InChI=1S/C65H125NO5/c1-3-5-7-9-11-13-15-17-18-19-25-28-31-34-37-41-45-49-53-57-63(68)62(61-67)66-64(69)58-54-50-46-42-38-35-32-29-26-23-21-20-22-24-27-30-33-36-40-44-48-52-56-60-71-65(70)59-55-51-47-43-39-16-14-12-10-8-6-4-2/h23,26,53,57,62-63,67-68H,3-22,24-25,27-52,54-56,58-61H2,1-2H3,(H,66,69)/b26-23-,57-53+. The highest BCUT2D eigenvalue weighted by Crippen LogP contribution is 2.18. The molecule has 0 aliphatic rings. The molecule has 0 aromatic heterocycles. The van der Waals surface area contributed by atoms with Crippen molar-refractivity contribution in [2.24, 2.45) is 0 Å². The minimum absolute atomic E-state index is 0.0121. The van der Waals surface area contributed by atoms with E-state index in [2.05, 4.69) is 31.3 Å². The molecule has 0 aliphatic carbocycles. The molecular formula is C65H125NO5. The van der Waals surface area contributed by atoms with E-state index >= 15 is 0 Å². The zero-order valence-corrected chi connectivity index (χ0v) is 48.0. The molecule has 2 unspecified atom stereocenters. The van der Waals surface area contributed by atoms with E-state index in [9.17, 15) is 19.8 Å². The molecule has 0 rings (SSSR count). The fraction of sp³-hybridized carbons (Fsp3) is 0.908. The van der Waals surface area contributed by atoms with Crippen LogP contribution >= 0.6 is 0 Å². The van der Waals surface area contributed by atoms with Crippen LogP contribution in [0.4, 0.5) is 0 Å². The molecule has 71 heavy (non-hydrogen) atoms. The second-order valence-electron chi connectivity index (χ2n) is 22.1. The Morgan fingerprint density at radius 3 is 1.00 bits per heavy atom. The van der Waals surface area contributed by atoms with Gasteiger partial charge in [0.05, 0.1) is 25.4 Å². The van der Waals surface area contributed by atoms with Crippen molar-refractivity contribution in [2.45, 2.75) is 366 Å². The fourth-order valence-corrected chi connectivity index (χ4v) is 10.0. The van der Waals surface area contributed by atoms with Crippen LogP contribution < -0.4 is 5.32 Å². The third kappa shape index (κ3) is 57.5. The van der Waals surface area contributed by atoms with Crippen molar-refractivity contribution in [2.75, 3.05) is 13.2 Å².